The van der Waals surface area contributed by atoms with Crippen LogP contribution in [-0.4, -0.2) is 32.4 Å². The molecule has 0 saturated carbocycles. The maximum Gasteiger partial charge on any atom is 0.494 e. The molecule has 1 saturated heterocycles. The second-order valence-corrected chi connectivity index (χ2v) is 198. The van der Waals surface area contributed by atoms with E-state index in [1.807, 2.05) is 785 Å². The molecule has 146 heavy (non-hydrogen) atoms. The molecule has 0 atom stereocenters. The zero-order valence-corrected chi connectivity index (χ0v) is 151. The van der Waals surface area contributed by atoms with Crippen molar-refractivity contribution in [3.63, 3.8) is 0 Å². The first kappa shape index (κ1) is 151. The third-order valence-corrected chi connectivity index (χ3v) is 234. The number of rotatable bonds is 4. The van der Waals surface area contributed by atoms with E-state index in [4.69, 9.17) is 36.7 Å². The van der Waals surface area contributed by atoms with Crippen molar-refractivity contribution in [1.29, 1.82) is 0 Å². The van der Waals surface area contributed by atoms with Gasteiger partial charge >= 0.3 is 7.12 Å². The molecule has 0 aliphatic carbocycles. The van der Waals surface area contributed by atoms with Crippen molar-refractivity contribution < 1.29 is 9.31 Å². The molecule has 2 aromatic heterocycles. The number of benzene rings is 5. The van der Waals surface area contributed by atoms with Crippen LogP contribution in [0.4, 0.5) is 0 Å². The van der Waals surface area contributed by atoms with E-state index in [9.17, 15) is 0 Å². The van der Waals surface area contributed by atoms with Crippen LogP contribution >= 0.6 is 0 Å². The number of imidazole rings is 1. The molecule has 828 valence electrons. The van der Waals surface area contributed by atoms with E-state index < -0.39 is 7.12 Å². The number of fused-ring (bicyclic) bond motifs is 4. The van der Waals surface area contributed by atoms with Crippen molar-refractivity contribution in [3.05, 3.63) is 121 Å². The molecule has 0 N–H and O–H groups in total. The van der Waals surface area contributed by atoms with Gasteiger partial charge in [-0.1, -0.05) is 72.8 Å². The molecule has 7 aromatic rings. The quantitative estimate of drug-likeness (QED) is 0.168. The Labute approximate surface area is 1140 Å². The molecular formula is C37H32BN3O2S103. The number of para-hydroxylation sites is 4. The summed E-state index contributed by atoms with van der Waals surface area (Å²) in [4.78, 5) is 5.13. The average Bonchev–Trinajstić information content (AvgIpc) is 1.58. The largest absolute Gasteiger partial charge is 0.494 e. The average molecular weight is 3860 g/mol. The van der Waals surface area contributed by atoms with Gasteiger partial charge in [0.1, 0.15) is 5.82 Å². The van der Waals surface area contributed by atoms with Crippen molar-refractivity contribution in [2.24, 2.45) is 0 Å². The topological polar surface area (TPSA) is 41.2 Å². The highest BCUT2D eigenvalue weighted by atomic mass is 33.6. The van der Waals surface area contributed by atoms with Gasteiger partial charge in [0.15, 0.2) is 0 Å². The summed E-state index contributed by atoms with van der Waals surface area (Å²) < 4.78 is 17.2. The van der Waals surface area contributed by atoms with Gasteiger partial charge < -0.3 is 13.9 Å². The fraction of sp³-hybridized carbons (Fsp3) is 0.162. The van der Waals surface area contributed by atoms with Gasteiger partial charge in [-0.2, -0.15) is 0 Å². The van der Waals surface area contributed by atoms with Gasteiger partial charge in [-0.25, -0.2) is 4.98 Å². The molecule has 1 aliphatic rings. The first-order valence-electron chi connectivity index (χ1n) is 31.8. The van der Waals surface area contributed by atoms with Gasteiger partial charge in [-0.15, -0.1) is 0 Å². The van der Waals surface area contributed by atoms with Crippen molar-refractivity contribution in [3.8, 4) is 22.8 Å². The maximum atomic E-state index is 6.32. The molecule has 3 heterocycles. The summed E-state index contributed by atoms with van der Waals surface area (Å²) in [6.07, 6.45) is 0. The molecule has 5 nitrogen and oxygen atoms in total. The summed E-state index contributed by atoms with van der Waals surface area (Å²) in [6, 6.07) is 42.7. The normalized spacial score (nSPS) is 10.3. The van der Waals surface area contributed by atoms with Crippen molar-refractivity contribution in [1.82, 2.24) is 14.1 Å². The lowest BCUT2D eigenvalue weighted by Crippen LogP contribution is -2.41. The second-order valence-electron chi connectivity index (χ2n) is 19.2. The molecule has 0 radical (unpaired) electrons. The zero-order chi connectivity index (χ0) is 103. The zero-order valence-electron chi connectivity index (χ0n) is 66.8. The Morgan fingerprint density at radius 1 is 0.199 bits per heavy atom. The smallest absolute Gasteiger partial charge is 0.399 e. The van der Waals surface area contributed by atoms with Gasteiger partial charge in [0.25, 0.3) is 0 Å². The minimum atomic E-state index is -0.394. The summed E-state index contributed by atoms with van der Waals surface area (Å²) in [6.45, 7) is 8.35. The predicted molar refractivity (Wildman–Crippen MR) is 935 cm³/mol. The van der Waals surface area contributed by atoms with Gasteiger partial charge in [0, 0.05) is 947 Å². The van der Waals surface area contributed by atoms with E-state index in [2.05, 4.69) is 146 Å². The van der Waals surface area contributed by atoms with Crippen molar-refractivity contribution in [2.75, 3.05) is 0 Å². The van der Waals surface area contributed by atoms with E-state index in [0.29, 0.717) is 0 Å². The minimum absolute atomic E-state index is 0.379. The van der Waals surface area contributed by atoms with Crippen LogP contribution in [0.3, 0.4) is 0 Å². The molecule has 0 amide bonds. The van der Waals surface area contributed by atoms with Gasteiger partial charge in [0.05, 0.1) is 33.3 Å². The summed E-state index contributed by atoms with van der Waals surface area (Å²) in [5.41, 5.74) is 7.84. The lowest BCUT2D eigenvalue weighted by atomic mass is 9.79. The van der Waals surface area contributed by atoms with Gasteiger partial charge in [-0.05, 0) is 81.7 Å². The molecular weight excluding hydrogens is 3830 g/mol. The molecule has 109 heteroatoms. The van der Waals surface area contributed by atoms with Crippen molar-refractivity contribution >= 4 is 965 Å². The van der Waals surface area contributed by atoms with E-state index in [-0.39, 0.29) is 11.2 Å². The summed E-state index contributed by atoms with van der Waals surface area (Å²) in [5, 5.41) is 2.42. The lowest BCUT2D eigenvalue weighted by molar-refractivity contribution is 0.00578. The molecule has 0 bridgehead atoms. The summed E-state index contributed by atoms with van der Waals surface area (Å²) in [5.74, 6) is 0.919. The first-order valence-corrected chi connectivity index (χ1v) is 168. The number of aromatic nitrogens is 3. The predicted octanol–water partition coefficient (Wildman–Crippen LogP) is 7.84. The van der Waals surface area contributed by atoms with E-state index in [1.54, 1.807) is 107 Å². The van der Waals surface area contributed by atoms with E-state index >= 15 is 0 Å². The van der Waals surface area contributed by atoms with Crippen LogP contribution in [0.15, 0.2) is 121 Å². The fourth-order valence-corrected chi connectivity index (χ4v) is 279. The Balaban J connectivity index is 0.000000543. The van der Waals surface area contributed by atoms with Crippen LogP contribution in [0.25, 0.3) is 55.6 Å². The third-order valence-electron chi connectivity index (χ3n) is 12.0. The van der Waals surface area contributed by atoms with E-state index in [0.717, 1.165) is 50.3 Å². The molecule has 5 aromatic carbocycles. The molecule has 0 spiro atoms. The third kappa shape index (κ3) is 79.4. The highest BCUT2D eigenvalue weighted by Crippen LogP contribution is 2.38. The standard InChI is InChI=1S/C37H32BN3O2.S103/c1-36(2)37(3,4)43-38(42-36)26-19-21-28(22-20-26)40-32-16-10-8-14-29(32)30-23-18-25(24-34(30)40)35-39-31-15-9-11-17-33(31)41(35)27-12-6-5-7-13-27;1-3-5-7-9-11-13-15-17-19-21-23-25-27-29-31-33-35-37-39-41-43-45-47-49-51-53-55-57-59-61-63-65-67-69-71-73-75-77-79-81-83-85-87-89-91-93-95-97-99-101-103-102-100-98-96-94-92-90-88-86-84-82-80-78-76-74-72-70-68-66-64-62-60-58-56-54-52-50-48-46-44-42-40-38-36-34-32-30-28-26-24-22-20-18-16-14-12-10-8-6-4-2/h5-24H,1-4H3;. The van der Waals surface area contributed by atoms with Gasteiger partial charge in [-0.3, -0.25) is 4.57 Å². The molecule has 1 aliphatic heterocycles. The SMILES string of the molecule is CC1(C)OB(c2ccc(-n3c4ccccc4c4ccc(-c5nc6ccccc6n5-c5ccccc5)cc43)cc2)OC1(C)C.S=S=S=S=S=S=S=S=S=S=S=S=S=S=S=S=S=S=S=S=S=S=S=S=S=S=S=S=S=S=S=S=S=S=S=S=S=S=S=S=S=S=S=S=S=S=S=S=S=S=S=S=S=S=S=S=S=S=S=S=S=S=S=S=S=S=S=S=S=S=S=S=S=S=S=S=S=S=S=S=S=S=S=S=S=S=S=S=S=S=S=S=S=S=S=S=S=S=S=S=S=S=S. The van der Waals surface area contributed by atoms with Crippen LogP contribution < -0.4 is 5.46 Å². The van der Waals surface area contributed by atoms with E-state index in [1.165, 1.54) is 28.5 Å². The van der Waals surface area contributed by atoms with Crippen LogP contribution in [-0.2, 0) is 929 Å². The molecule has 8 rings (SSSR count). The molecule has 1 fully saturated rings. The number of hydrogen-bond donors (Lipinski definition) is 0. The maximum absolute atomic E-state index is 6.32. The molecule has 0 unspecified atom stereocenters. The Hall–Kier alpha value is 18.0. The van der Waals surface area contributed by atoms with Crippen LogP contribution in [0.1, 0.15) is 27.7 Å². The highest BCUT2D eigenvalue weighted by molar-refractivity contribution is 8.88. The van der Waals surface area contributed by atoms with Gasteiger partial charge in [0.2, 0.25) is 0 Å². The second kappa shape index (κ2) is 111. The minimum Gasteiger partial charge on any atom is -0.399 e. The Bertz CT molecular complexity index is 11100. The fourth-order valence-electron chi connectivity index (χ4n) is 7.33. The monoisotopic (exact) mass is 3850 g/mol. The summed E-state index contributed by atoms with van der Waals surface area (Å²) >= 11 is 9.66. The van der Waals surface area contributed by atoms with Crippen molar-refractivity contribution in [2.45, 2.75) is 38.9 Å². The highest BCUT2D eigenvalue weighted by Gasteiger charge is 2.51. The number of hydrogen-bond acceptors (Lipinski definition) is 5. The number of nitrogens with zero attached hydrogens (tertiary/aromatic N) is 3. The van der Waals surface area contributed by atoms with Crippen LogP contribution in [0, 0.1) is 0 Å². The Morgan fingerprint density at radius 3 is 0.637 bits per heavy atom. The first-order chi connectivity index (χ1) is 72.2. The van der Waals surface area contributed by atoms with Crippen LogP contribution in [0.2, 0.25) is 0 Å². The Kier molecular flexibility index (Phi) is 115. The lowest BCUT2D eigenvalue weighted by Gasteiger charge is -2.32. The van der Waals surface area contributed by atoms with Crippen LogP contribution in [0.5, 0.6) is 0 Å². The Morgan fingerprint density at radius 2 is 0.397 bits per heavy atom. The summed E-state index contributed by atoms with van der Waals surface area (Å²) in [7, 11) is 182.